The smallest absolute Gasteiger partial charge is 0.0822 e. The Labute approximate surface area is 102 Å². The van der Waals surface area contributed by atoms with E-state index in [4.69, 9.17) is 17.3 Å². The van der Waals surface area contributed by atoms with Crippen LogP contribution >= 0.6 is 11.6 Å². The van der Waals surface area contributed by atoms with Gasteiger partial charge in [-0.25, -0.2) is 0 Å². The molecular formula is C12H18ClN3. The van der Waals surface area contributed by atoms with E-state index in [2.05, 4.69) is 4.98 Å². The van der Waals surface area contributed by atoms with Crippen LogP contribution in [0.25, 0.3) is 0 Å². The maximum absolute atomic E-state index is 6.06. The van der Waals surface area contributed by atoms with Gasteiger partial charge in [0.05, 0.1) is 10.7 Å². The van der Waals surface area contributed by atoms with Crippen LogP contribution in [0.5, 0.6) is 0 Å². The molecule has 1 saturated carbocycles. The van der Waals surface area contributed by atoms with Crippen molar-refractivity contribution in [2.75, 3.05) is 19.0 Å². The molecule has 2 rings (SSSR count). The third-order valence-corrected chi connectivity index (χ3v) is 3.44. The standard InChI is InChI=1S/C12H18ClN3/c1-16(2)11-7-9(15-8-10(11)13)3-4-12(14)5-6-12/h7-8H,3-6,14H2,1-2H3. The molecular weight excluding hydrogens is 222 g/mol. The highest BCUT2D eigenvalue weighted by molar-refractivity contribution is 6.33. The van der Waals surface area contributed by atoms with E-state index >= 15 is 0 Å². The second kappa shape index (κ2) is 4.22. The summed E-state index contributed by atoms with van der Waals surface area (Å²) in [5, 5.41) is 0.697. The fourth-order valence-electron chi connectivity index (χ4n) is 1.74. The molecule has 1 aliphatic carbocycles. The Bertz CT molecular complexity index is 386. The first-order valence-electron chi connectivity index (χ1n) is 5.61. The van der Waals surface area contributed by atoms with Crippen LogP contribution in [0.1, 0.15) is 25.0 Å². The lowest BCUT2D eigenvalue weighted by atomic mass is 10.1. The van der Waals surface area contributed by atoms with Crippen molar-refractivity contribution in [3.8, 4) is 0 Å². The SMILES string of the molecule is CN(C)c1cc(CCC2(N)CC2)ncc1Cl. The van der Waals surface area contributed by atoms with E-state index in [1.807, 2.05) is 25.1 Å². The lowest BCUT2D eigenvalue weighted by Crippen LogP contribution is -2.22. The van der Waals surface area contributed by atoms with E-state index < -0.39 is 0 Å². The summed E-state index contributed by atoms with van der Waals surface area (Å²) in [5.41, 5.74) is 8.25. The quantitative estimate of drug-likeness (QED) is 0.876. The van der Waals surface area contributed by atoms with Gasteiger partial charge >= 0.3 is 0 Å². The summed E-state index contributed by atoms with van der Waals surface area (Å²) in [7, 11) is 3.96. The minimum atomic E-state index is 0.0968. The fraction of sp³-hybridized carbons (Fsp3) is 0.583. The average Bonchev–Trinajstić information content (AvgIpc) is 2.96. The molecule has 0 atom stereocenters. The molecule has 0 aromatic carbocycles. The molecule has 16 heavy (non-hydrogen) atoms. The van der Waals surface area contributed by atoms with E-state index in [-0.39, 0.29) is 5.54 Å². The summed E-state index contributed by atoms with van der Waals surface area (Å²) in [6, 6.07) is 2.05. The van der Waals surface area contributed by atoms with Gasteiger partial charge < -0.3 is 10.6 Å². The molecule has 1 aliphatic rings. The fourth-order valence-corrected chi connectivity index (χ4v) is 2.01. The number of aryl methyl sites for hydroxylation is 1. The minimum absolute atomic E-state index is 0.0968. The number of anilines is 1. The van der Waals surface area contributed by atoms with E-state index in [0.29, 0.717) is 5.02 Å². The summed E-state index contributed by atoms with van der Waals surface area (Å²) >= 11 is 6.06. The zero-order valence-corrected chi connectivity index (χ0v) is 10.6. The van der Waals surface area contributed by atoms with Crippen molar-refractivity contribution in [3.05, 3.63) is 23.0 Å². The molecule has 88 valence electrons. The molecule has 1 aromatic rings. The lowest BCUT2D eigenvalue weighted by molar-refractivity contribution is 0.603. The van der Waals surface area contributed by atoms with Gasteiger partial charge in [0.25, 0.3) is 0 Å². The molecule has 3 nitrogen and oxygen atoms in total. The predicted octanol–water partition coefficient (Wildman–Crippen LogP) is 2.22. The van der Waals surface area contributed by atoms with E-state index in [1.54, 1.807) is 6.20 Å². The monoisotopic (exact) mass is 239 g/mol. The number of aromatic nitrogens is 1. The van der Waals surface area contributed by atoms with Crippen molar-refractivity contribution >= 4 is 17.3 Å². The summed E-state index contributed by atoms with van der Waals surface area (Å²) in [6.45, 7) is 0. The van der Waals surface area contributed by atoms with Crippen molar-refractivity contribution in [2.45, 2.75) is 31.2 Å². The summed E-state index contributed by atoms with van der Waals surface area (Å²) in [4.78, 5) is 6.34. The third kappa shape index (κ3) is 2.66. The highest BCUT2D eigenvalue weighted by atomic mass is 35.5. The molecule has 1 fully saturated rings. The topological polar surface area (TPSA) is 42.1 Å². The zero-order chi connectivity index (χ0) is 11.8. The number of rotatable bonds is 4. The third-order valence-electron chi connectivity index (χ3n) is 3.14. The summed E-state index contributed by atoms with van der Waals surface area (Å²) in [6.07, 6.45) is 5.99. The van der Waals surface area contributed by atoms with Crippen LogP contribution in [0.4, 0.5) is 5.69 Å². The normalized spacial score (nSPS) is 17.2. The molecule has 2 N–H and O–H groups in total. The largest absolute Gasteiger partial charge is 0.376 e. The molecule has 0 spiro atoms. The van der Waals surface area contributed by atoms with Gasteiger partial charge in [0.15, 0.2) is 0 Å². The number of nitrogens with two attached hydrogens (primary N) is 1. The Morgan fingerprint density at radius 1 is 1.50 bits per heavy atom. The van der Waals surface area contributed by atoms with Gasteiger partial charge in [-0.1, -0.05) is 11.6 Å². The molecule has 4 heteroatoms. The van der Waals surface area contributed by atoms with Crippen LogP contribution in [-0.4, -0.2) is 24.6 Å². The molecule has 1 aromatic heterocycles. The average molecular weight is 240 g/mol. The molecule has 0 unspecified atom stereocenters. The second-order valence-corrected chi connectivity index (χ2v) is 5.29. The first kappa shape index (κ1) is 11.7. The van der Waals surface area contributed by atoms with Crippen LogP contribution < -0.4 is 10.6 Å². The van der Waals surface area contributed by atoms with Crippen LogP contribution in [0.3, 0.4) is 0 Å². The predicted molar refractivity (Wildman–Crippen MR) is 68.0 cm³/mol. The van der Waals surface area contributed by atoms with E-state index in [0.717, 1.165) is 37.1 Å². The zero-order valence-electron chi connectivity index (χ0n) is 9.83. The Hall–Kier alpha value is -0.800. The summed E-state index contributed by atoms with van der Waals surface area (Å²) in [5.74, 6) is 0. The molecule has 0 bridgehead atoms. The van der Waals surface area contributed by atoms with E-state index in [9.17, 15) is 0 Å². The highest BCUT2D eigenvalue weighted by Gasteiger charge is 2.37. The number of hydrogen-bond acceptors (Lipinski definition) is 3. The second-order valence-electron chi connectivity index (χ2n) is 4.88. The van der Waals surface area contributed by atoms with Gasteiger partial charge in [0, 0.05) is 31.5 Å². The lowest BCUT2D eigenvalue weighted by Gasteiger charge is -2.15. The molecule has 1 heterocycles. The maximum Gasteiger partial charge on any atom is 0.0822 e. The Balaban J connectivity index is 2.06. The number of nitrogens with zero attached hydrogens (tertiary/aromatic N) is 2. The van der Waals surface area contributed by atoms with Crippen molar-refractivity contribution in [1.29, 1.82) is 0 Å². The Morgan fingerprint density at radius 2 is 2.19 bits per heavy atom. The summed E-state index contributed by atoms with van der Waals surface area (Å²) < 4.78 is 0. The van der Waals surface area contributed by atoms with Crippen molar-refractivity contribution < 1.29 is 0 Å². The Morgan fingerprint density at radius 3 is 2.75 bits per heavy atom. The number of halogens is 1. The van der Waals surface area contributed by atoms with Crippen molar-refractivity contribution in [3.63, 3.8) is 0 Å². The molecule has 0 saturated heterocycles. The number of pyridine rings is 1. The number of hydrogen-bond donors (Lipinski definition) is 1. The molecule has 0 amide bonds. The maximum atomic E-state index is 6.06. The van der Waals surface area contributed by atoms with E-state index in [1.165, 1.54) is 0 Å². The van der Waals surface area contributed by atoms with Gasteiger partial charge in [0.1, 0.15) is 0 Å². The van der Waals surface area contributed by atoms with Crippen LogP contribution in [-0.2, 0) is 6.42 Å². The van der Waals surface area contributed by atoms with Gasteiger partial charge in [-0.2, -0.15) is 0 Å². The van der Waals surface area contributed by atoms with Gasteiger partial charge in [0.2, 0.25) is 0 Å². The first-order valence-corrected chi connectivity index (χ1v) is 5.99. The minimum Gasteiger partial charge on any atom is -0.376 e. The molecule has 0 radical (unpaired) electrons. The van der Waals surface area contributed by atoms with Gasteiger partial charge in [-0.15, -0.1) is 0 Å². The van der Waals surface area contributed by atoms with Crippen LogP contribution in [0.2, 0.25) is 5.02 Å². The van der Waals surface area contributed by atoms with Crippen LogP contribution in [0, 0.1) is 0 Å². The molecule has 0 aliphatic heterocycles. The van der Waals surface area contributed by atoms with Crippen molar-refractivity contribution in [2.24, 2.45) is 5.73 Å². The Kier molecular flexibility index (Phi) is 3.08. The first-order chi connectivity index (χ1) is 7.50. The van der Waals surface area contributed by atoms with Crippen LogP contribution in [0.15, 0.2) is 12.3 Å². The van der Waals surface area contributed by atoms with Crippen molar-refractivity contribution in [1.82, 2.24) is 4.98 Å². The highest BCUT2D eigenvalue weighted by Crippen LogP contribution is 2.36. The van der Waals surface area contributed by atoms with Gasteiger partial charge in [-0.05, 0) is 31.7 Å². The van der Waals surface area contributed by atoms with Gasteiger partial charge in [-0.3, -0.25) is 4.98 Å².